The molecule has 0 amide bonds. The number of ether oxygens (including phenoxy) is 2. The van der Waals surface area contributed by atoms with Gasteiger partial charge in [0.2, 0.25) is 5.95 Å². The Bertz CT molecular complexity index is 1340. The van der Waals surface area contributed by atoms with Crippen LogP contribution in [0.3, 0.4) is 0 Å². The summed E-state index contributed by atoms with van der Waals surface area (Å²) in [7, 11) is 0. The number of anilines is 4. The largest absolute Gasteiger partial charge is 0.397 e. The molecule has 3 aliphatic rings. The molecule has 1 aromatic carbocycles. The van der Waals surface area contributed by atoms with Gasteiger partial charge in [-0.15, -0.1) is 0 Å². The molecule has 0 bridgehead atoms. The number of nitrogens with zero attached hydrogens (tertiary/aromatic N) is 6. The van der Waals surface area contributed by atoms with Crippen LogP contribution in [0.1, 0.15) is 32.4 Å². The number of allylic oxidation sites excluding steroid dienone is 1. The van der Waals surface area contributed by atoms with Crippen molar-refractivity contribution in [2.45, 2.75) is 33.2 Å². The van der Waals surface area contributed by atoms with Gasteiger partial charge in [0, 0.05) is 51.6 Å². The molecule has 0 unspecified atom stereocenters. The minimum Gasteiger partial charge on any atom is -0.397 e. The van der Waals surface area contributed by atoms with E-state index in [2.05, 4.69) is 42.4 Å². The number of pyridine rings is 1. The van der Waals surface area contributed by atoms with Crippen LogP contribution in [-0.2, 0) is 16.0 Å². The zero-order valence-electron chi connectivity index (χ0n) is 23.8. The minimum absolute atomic E-state index is 0.174. The van der Waals surface area contributed by atoms with E-state index in [9.17, 15) is 0 Å². The summed E-state index contributed by atoms with van der Waals surface area (Å²) in [5.74, 6) is 3.15. The molecule has 0 atom stereocenters. The zero-order chi connectivity index (χ0) is 27.6. The van der Waals surface area contributed by atoms with Crippen LogP contribution < -0.4 is 15.5 Å². The van der Waals surface area contributed by atoms with E-state index < -0.39 is 0 Å². The van der Waals surface area contributed by atoms with E-state index in [1.165, 1.54) is 12.8 Å². The van der Waals surface area contributed by atoms with E-state index in [-0.39, 0.29) is 5.92 Å². The highest BCUT2D eigenvalue weighted by molar-refractivity contribution is 5.88. The van der Waals surface area contributed by atoms with Gasteiger partial charge in [0.05, 0.1) is 35.8 Å². The second kappa shape index (κ2) is 11.7. The van der Waals surface area contributed by atoms with Gasteiger partial charge >= 0.3 is 0 Å². The molecule has 0 aliphatic carbocycles. The summed E-state index contributed by atoms with van der Waals surface area (Å²) in [5, 5.41) is 0. The summed E-state index contributed by atoms with van der Waals surface area (Å²) in [6.07, 6.45) is 2.40. The first kappa shape index (κ1) is 26.9. The van der Waals surface area contributed by atoms with Gasteiger partial charge in [0.25, 0.3) is 0 Å². The van der Waals surface area contributed by atoms with Crippen LogP contribution in [0.25, 0.3) is 11.0 Å². The molecule has 0 saturated carbocycles. The van der Waals surface area contributed by atoms with E-state index in [1.807, 2.05) is 29.2 Å². The fourth-order valence-corrected chi connectivity index (χ4v) is 6.00. The van der Waals surface area contributed by atoms with Gasteiger partial charge in [0.1, 0.15) is 5.52 Å². The van der Waals surface area contributed by atoms with Crippen molar-refractivity contribution in [3.63, 3.8) is 0 Å². The maximum Gasteiger partial charge on any atom is 0.237 e. The lowest BCUT2D eigenvalue weighted by molar-refractivity contribution is -0.0108. The lowest BCUT2D eigenvalue weighted by Crippen LogP contribution is -2.50. The molecule has 3 aliphatic heterocycles. The summed E-state index contributed by atoms with van der Waals surface area (Å²) >= 11 is 0. The van der Waals surface area contributed by atoms with Crippen LogP contribution >= 0.6 is 0 Å². The van der Waals surface area contributed by atoms with Crippen molar-refractivity contribution in [3.05, 3.63) is 54.4 Å². The fourth-order valence-electron chi connectivity index (χ4n) is 6.00. The van der Waals surface area contributed by atoms with Crippen molar-refractivity contribution in [2.75, 3.05) is 68.1 Å². The summed E-state index contributed by atoms with van der Waals surface area (Å²) in [6.45, 7) is 16.4. The van der Waals surface area contributed by atoms with E-state index in [4.69, 9.17) is 30.2 Å². The maximum atomic E-state index is 6.44. The Hall–Kier alpha value is -3.27. The third-order valence-corrected chi connectivity index (χ3v) is 8.52. The molecule has 0 radical (unpaired) electrons. The number of hydrogen-bond donors (Lipinski definition) is 1. The highest BCUT2D eigenvalue weighted by Crippen LogP contribution is 2.37. The Labute approximate surface area is 237 Å². The number of fused-ring (bicyclic) bond motifs is 1. The monoisotopic (exact) mass is 543 g/mol. The van der Waals surface area contributed by atoms with Gasteiger partial charge < -0.3 is 20.1 Å². The smallest absolute Gasteiger partial charge is 0.237 e. The van der Waals surface area contributed by atoms with Crippen LogP contribution in [0, 0.1) is 17.8 Å². The molecular weight excluding hydrogens is 502 g/mol. The second-order valence-corrected chi connectivity index (χ2v) is 11.6. The first-order valence-corrected chi connectivity index (χ1v) is 14.6. The van der Waals surface area contributed by atoms with Crippen LogP contribution in [0.5, 0.6) is 0 Å². The number of nitrogen functional groups attached to an aromatic ring is 1. The molecule has 5 heterocycles. The fraction of sp³-hybridized carbons (Fsp3) is 0.516. The van der Waals surface area contributed by atoms with Gasteiger partial charge in [-0.2, -0.15) is 4.98 Å². The lowest BCUT2D eigenvalue weighted by atomic mass is 9.81. The van der Waals surface area contributed by atoms with E-state index >= 15 is 0 Å². The molecule has 3 aromatic rings. The quantitative estimate of drug-likeness (QED) is 0.409. The van der Waals surface area contributed by atoms with Gasteiger partial charge in [-0.3, -0.25) is 9.80 Å². The number of morpholine rings is 1. The van der Waals surface area contributed by atoms with E-state index in [0.29, 0.717) is 24.8 Å². The number of nitrogens with two attached hydrogens (primary N) is 1. The summed E-state index contributed by atoms with van der Waals surface area (Å²) in [4.78, 5) is 22.1. The molecule has 9 heteroatoms. The molecule has 2 aromatic heterocycles. The molecule has 212 valence electrons. The summed E-state index contributed by atoms with van der Waals surface area (Å²) in [6, 6.07) is 12.0. The predicted molar refractivity (Wildman–Crippen MR) is 160 cm³/mol. The van der Waals surface area contributed by atoms with Crippen LogP contribution in [0.4, 0.5) is 23.1 Å². The molecule has 2 N–H and O–H groups in total. The predicted octanol–water partition coefficient (Wildman–Crippen LogP) is 4.61. The average molecular weight is 544 g/mol. The number of aromatic nitrogens is 3. The van der Waals surface area contributed by atoms with Crippen LogP contribution in [0.2, 0.25) is 0 Å². The lowest BCUT2D eigenvalue weighted by Gasteiger charge is -2.44. The molecule has 40 heavy (non-hydrogen) atoms. The van der Waals surface area contributed by atoms with E-state index in [1.54, 1.807) is 0 Å². The third-order valence-electron chi connectivity index (χ3n) is 8.52. The Kier molecular flexibility index (Phi) is 7.87. The first-order chi connectivity index (χ1) is 19.5. The van der Waals surface area contributed by atoms with Crippen LogP contribution in [-0.4, -0.2) is 72.5 Å². The number of para-hydroxylation sites is 2. The molecule has 3 fully saturated rings. The highest BCUT2D eigenvalue weighted by Gasteiger charge is 2.34. The van der Waals surface area contributed by atoms with Crippen molar-refractivity contribution in [1.29, 1.82) is 0 Å². The highest BCUT2D eigenvalue weighted by atomic mass is 16.5. The third kappa shape index (κ3) is 5.50. The number of hydrogen-bond acceptors (Lipinski definition) is 9. The standard InChI is InChI=1S/C31H41N7O2/c1-21(2)22(3)38(28-7-5-4-6-26(28)32)31-34-27-9-8-25(20-36-18-24(19-36)23-10-14-39-15-11-23)33-29(27)30(35-31)37-12-16-40-17-13-37/h4-9,21,23-24H,3,10-20,32H2,1-2H3. The van der Waals surface area contributed by atoms with Gasteiger partial charge in [-0.1, -0.05) is 32.6 Å². The van der Waals surface area contributed by atoms with Crippen molar-refractivity contribution >= 4 is 34.2 Å². The van der Waals surface area contributed by atoms with Crippen molar-refractivity contribution in [3.8, 4) is 0 Å². The first-order valence-electron chi connectivity index (χ1n) is 14.6. The van der Waals surface area contributed by atoms with Crippen molar-refractivity contribution in [1.82, 2.24) is 19.9 Å². The SMILES string of the molecule is C=C(C(C)C)N(c1nc(N2CCOCC2)c2nc(CN3CC(C4CCOCC4)C3)ccc2n1)c1ccccc1N. The summed E-state index contributed by atoms with van der Waals surface area (Å²) < 4.78 is 11.2. The molecule has 3 saturated heterocycles. The molecule has 9 nitrogen and oxygen atoms in total. The minimum atomic E-state index is 0.174. The summed E-state index contributed by atoms with van der Waals surface area (Å²) in [5.41, 5.74) is 11.5. The van der Waals surface area contributed by atoms with Gasteiger partial charge in [-0.05, 0) is 54.9 Å². The second-order valence-electron chi connectivity index (χ2n) is 11.6. The normalized spacial score (nSPS) is 19.2. The Balaban J connectivity index is 1.33. The van der Waals surface area contributed by atoms with Crippen molar-refractivity contribution in [2.24, 2.45) is 17.8 Å². The topological polar surface area (TPSA) is 92.9 Å². The van der Waals surface area contributed by atoms with Gasteiger partial charge in [0.15, 0.2) is 5.82 Å². The Morgan fingerprint density at radius 3 is 2.42 bits per heavy atom. The molecular formula is C31H41N7O2. The Morgan fingerprint density at radius 1 is 0.975 bits per heavy atom. The van der Waals surface area contributed by atoms with Crippen LogP contribution in [0.15, 0.2) is 48.7 Å². The maximum absolute atomic E-state index is 6.44. The van der Waals surface area contributed by atoms with E-state index in [0.717, 1.165) is 91.7 Å². The zero-order valence-corrected chi connectivity index (χ0v) is 23.8. The average Bonchev–Trinajstić information content (AvgIpc) is 2.96. The van der Waals surface area contributed by atoms with Crippen molar-refractivity contribution < 1.29 is 9.47 Å². The molecule has 6 rings (SSSR count). The number of rotatable bonds is 8. The van der Waals surface area contributed by atoms with Gasteiger partial charge in [-0.25, -0.2) is 9.97 Å². The Morgan fingerprint density at radius 2 is 1.70 bits per heavy atom. The molecule has 0 spiro atoms. The number of likely N-dealkylation sites (tertiary alicyclic amines) is 1. The number of benzene rings is 1.